The zero-order valence-electron chi connectivity index (χ0n) is 17.0. The molecule has 3 heterocycles. The average molecular weight is 448 g/mol. The summed E-state index contributed by atoms with van der Waals surface area (Å²) in [5.74, 6) is 1.05. The van der Waals surface area contributed by atoms with Gasteiger partial charge >= 0.3 is 0 Å². The highest BCUT2D eigenvalue weighted by atomic mass is 35.5. The number of H-pyrrole nitrogens is 1. The van der Waals surface area contributed by atoms with Gasteiger partial charge in [-0.1, -0.05) is 17.7 Å². The molecule has 4 aromatic rings. The van der Waals surface area contributed by atoms with E-state index in [4.69, 9.17) is 22.3 Å². The summed E-state index contributed by atoms with van der Waals surface area (Å²) in [5, 5.41) is 20.4. The van der Waals surface area contributed by atoms with Crippen LogP contribution in [-0.2, 0) is 0 Å². The Labute approximate surface area is 187 Å². The van der Waals surface area contributed by atoms with Gasteiger partial charge in [-0.3, -0.25) is 14.5 Å². The largest absolute Gasteiger partial charge is 0.368 e. The molecule has 0 bridgehead atoms. The van der Waals surface area contributed by atoms with Crippen LogP contribution in [0.25, 0.3) is 16.6 Å². The van der Waals surface area contributed by atoms with Crippen LogP contribution in [0.2, 0.25) is 5.02 Å². The first-order valence-electron chi connectivity index (χ1n) is 9.99. The number of anilines is 2. The van der Waals surface area contributed by atoms with E-state index in [0.717, 1.165) is 12.8 Å². The number of aryl methyl sites for hydroxylation is 1. The molecule has 4 N–H and O–H groups in total. The van der Waals surface area contributed by atoms with Crippen LogP contribution in [-0.4, -0.2) is 29.7 Å². The van der Waals surface area contributed by atoms with Crippen molar-refractivity contribution in [3.05, 3.63) is 63.1 Å². The summed E-state index contributed by atoms with van der Waals surface area (Å²) < 4.78 is 1.50. The Morgan fingerprint density at radius 1 is 1.34 bits per heavy atom. The molecule has 5 rings (SSSR count). The predicted octanol–water partition coefficient (Wildman–Crippen LogP) is 2.88. The third-order valence-electron chi connectivity index (χ3n) is 5.50. The Bertz CT molecular complexity index is 1430. The molecule has 160 valence electrons. The number of nitriles is 1. The lowest BCUT2D eigenvalue weighted by Crippen LogP contribution is -2.29. The number of benzene rings is 1. The van der Waals surface area contributed by atoms with Gasteiger partial charge in [0, 0.05) is 6.20 Å². The molecule has 0 amide bonds. The van der Waals surface area contributed by atoms with Gasteiger partial charge in [0.1, 0.15) is 23.3 Å². The Morgan fingerprint density at radius 3 is 2.84 bits per heavy atom. The minimum absolute atomic E-state index is 0.0593. The first-order chi connectivity index (χ1) is 15.5. The normalized spacial score (nSPS) is 14.3. The number of nitrogens with two attached hydrogens (primary N) is 1. The maximum absolute atomic E-state index is 13.6. The second kappa shape index (κ2) is 7.62. The van der Waals surface area contributed by atoms with E-state index in [2.05, 4.69) is 31.6 Å². The van der Waals surface area contributed by atoms with Crippen LogP contribution in [0.3, 0.4) is 0 Å². The molecule has 32 heavy (non-hydrogen) atoms. The monoisotopic (exact) mass is 447 g/mol. The zero-order chi connectivity index (χ0) is 22.4. The van der Waals surface area contributed by atoms with Gasteiger partial charge < -0.3 is 11.1 Å². The maximum atomic E-state index is 13.6. The van der Waals surface area contributed by atoms with Crippen LogP contribution in [0.4, 0.5) is 11.8 Å². The summed E-state index contributed by atoms with van der Waals surface area (Å²) in [6.45, 7) is 1.70. The molecule has 3 aromatic heterocycles. The van der Waals surface area contributed by atoms with Crippen molar-refractivity contribution in [2.45, 2.75) is 25.8 Å². The first kappa shape index (κ1) is 20.0. The molecule has 11 heteroatoms. The van der Waals surface area contributed by atoms with Crippen molar-refractivity contribution in [3.63, 3.8) is 0 Å². The highest BCUT2D eigenvalue weighted by Crippen LogP contribution is 2.43. The molecule has 1 atom stereocenters. The number of hydrogen-bond donors (Lipinski definition) is 3. The summed E-state index contributed by atoms with van der Waals surface area (Å²) >= 11 is 6.35. The maximum Gasteiger partial charge on any atom is 0.267 e. The topological polar surface area (TPSA) is 151 Å². The number of rotatable bonds is 5. The number of fused-ring (bicyclic) bond motifs is 1. The van der Waals surface area contributed by atoms with E-state index < -0.39 is 6.04 Å². The Kier molecular flexibility index (Phi) is 4.75. The minimum atomic E-state index is -0.401. The average Bonchev–Trinajstić information content (AvgIpc) is 3.45. The lowest BCUT2D eigenvalue weighted by Gasteiger charge is -2.23. The van der Waals surface area contributed by atoms with Gasteiger partial charge in [0.25, 0.3) is 5.56 Å². The Morgan fingerprint density at radius 2 is 2.16 bits per heavy atom. The number of aromatic nitrogens is 6. The fraction of sp³-hybridized carbons (Fsp3) is 0.238. The number of nitrogen functional groups attached to an aromatic ring is 1. The van der Waals surface area contributed by atoms with Crippen molar-refractivity contribution in [1.82, 2.24) is 29.7 Å². The standard InChI is InChI=1S/C21H18ClN9O/c1-10-13(7-23)18(30-21(24)27-10)29-17(11-5-6-11)19-28-15-4-2-3-14(22)16(15)20(32)31(19)12-8-25-26-9-12/h2-4,8-9,11,17H,5-6H2,1H3,(H,25,26)(H3,24,27,29,30)/t17-/m0/s1. The Balaban J connectivity index is 1.75. The van der Waals surface area contributed by atoms with Gasteiger partial charge in [0.15, 0.2) is 0 Å². The molecule has 0 spiro atoms. The van der Waals surface area contributed by atoms with Crippen molar-refractivity contribution in [1.29, 1.82) is 5.26 Å². The molecule has 1 saturated carbocycles. The van der Waals surface area contributed by atoms with Crippen LogP contribution in [0.15, 0.2) is 35.4 Å². The van der Waals surface area contributed by atoms with E-state index in [1.807, 2.05) is 0 Å². The molecular formula is C21H18ClN9O. The van der Waals surface area contributed by atoms with Crippen molar-refractivity contribution in [3.8, 4) is 11.8 Å². The van der Waals surface area contributed by atoms with Gasteiger partial charge in [0.2, 0.25) is 5.95 Å². The molecule has 1 aliphatic carbocycles. The molecule has 0 unspecified atom stereocenters. The second-order valence-corrected chi connectivity index (χ2v) is 8.07. The number of aromatic amines is 1. The third kappa shape index (κ3) is 3.33. The van der Waals surface area contributed by atoms with E-state index in [-0.39, 0.29) is 17.4 Å². The van der Waals surface area contributed by atoms with Gasteiger partial charge in [-0.2, -0.15) is 15.3 Å². The number of hydrogen-bond acceptors (Lipinski definition) is 8. The van der Waals surface area contributed by atoms with E-state index in [9.17, 15) is 10.1 Å². The SMILES string of the molecule is Cc1nc(N)nc(N[C@H](c2nc3cccc(Cl)c3c(=O)n2-c2cn[nH]c2)C2CC2)c1C#N. The third-order valence-corrected chi connectivity index (χ3v) is 5.81. The summed E-state index contributed by atoms with van der Waals surface area (Å²) in [6.07, 6.45) is 5.04. The van der Waals surface area contributed by atoms with Crippen LogP contribution < -0.4 is 16.6 Å². The first-order valence-corrected chi connectivity index (χ1v) is 10.4. The minimum Gasteiger partial charge on any atom is -0.368 e. The fourth-order valence-corrected chi connectivity index (χ4v) is 4.08. The summed E-state index contributed by atoms with van der Waals surface area (Å²) in [4.78, 5) is 26.7. The number of halogens is 1. The molecule has 0 radical (unpaired) electrons. The quantitative estimate of drug-likeness (QED) is 0.422. The summed E-state index contributed by atoms with van der Waals surface area (Å²) in [5.41, 5.74) is 7.33. The predicted molar refractivity (Wildman–Crippen MR) is 119 cm³/mol. The smallest absolute Gasteiger partial charge is 0.267 e. The van der Waals surface area contributed by atoms with Crippen molar-refractivity contribution in [2.24, 2.45) is 5.92 Å². The molecular weight excluding hydrogens is 430 g/mol. The fourth-order valence-electron chi connectivity index (χ4n) is 3.83. The van der Waals surface area contributed by atoms with E-state index >= 15 is 0 Å². The number of nitrogens with zero attached hydrogens (tertiary/aromatic N) is 6. The van der Waals surface area contributed by atoms with Crippen LogP contribution in [0.1, 0.15) is 36.0 Å². The van der Waals surface area contributed by atoms with Crippen LogP contribution in [0.5, 0.6) is 0 Å². The lowest BCUT2D eigenvalue weighted by atomic mass is 10.1. The van der Waals surface area contributed by atoms with Crippen LogP contribution in [0, 0.1) is 24.2 Å². The molecule has 1 aromatic carbocycles. The zero-order valence-corrected chi connectivity index (χ0v) is 17.8. The van der Waals surface area contributed by atoms with E-state index in [1.54, 1.807) is 37.5 Å². The number of nitrogens with one attached hydrogen (secondary N) is 2. The van der Waals surface area contributed by atoms with Gasteiger partial charge in [-0.05, 0) is 37.8 Å². The summed E-state index contributed by atoms with van der Waals surface area (Å²) in [6, 6.07) is 6.90. The van der Waals surface area contributed by atoms with Crippen molar-refractivity contribution >= 4 is 34.3 Å². The molecule has 1 fully saturated rings. The molecule has 10 nitrogen and oxygen atoms in total. The highest BCUT2D eigenvalue weighted by Gasteiger charge is 2.37. The van der Waals surface area contributed by atoms with Crippen molar-refractivity contribution < 1.29 is 0 Å². The highest BCUT2D eigenvalue weighted by molar-refractivity contribution is 6.35. The van der Waals surface area contributed by atoms with Gasteiger partial charge in [0.05, 0.1) is 39.5 Å². The summed E-state index contributed by atoms with van der Waals surface area (Å²) in [7, 11) is 0. The molecule has 0 aliphatic heterocycles. The van der Waals surface area contributed by atoms with Gasteiger partial charge in [-0.15, -0.1) is 0 Å². The molecule has 1 aliphatic rings. The van der Waals surface area contributed by atoms with E-state index in [1.165, 1.54) is 4.57 Å². The van der Waals surface area contributed by atoms with Crippen LogP contribution >= 0.6 is 11.6 Å². The van der Waals surface area contributed by atoms with E-state index in [0.29, 0.717) is 44.5 Å². The molecule has 0 saturated heterocycles. The second-order valence-electron chi connectivity index (χ2n) is 7.66. The lowest BCUT2D eigenvalue weighted by molar-refractivity contribution is 0.609. The van der Waals surface area contributed by atoms with Gasteiger partial charge in [-0.25, -0.2) is 9.97 Å². The van der Waals surface area contributed by atoms with Crippen molar-refractivity contribution in [2.75, 3.05) is 11.1 Å². The Hall–Kier alpha value is -3.97.